The summed E-state index contributed by atoms with van der Waals surface area (Å²) in [7, 11) is 0. The number of pyridine rings is 1. The van der Waals surface area contributed by atoms with Gasteiger partial charge in [0, 0.05) is 11.8 Å². The zero-order valence-corrected chi connectivity index (χ0v) is 12.7. The van der Waals surface area contributed by atoms with Crippen molar-refractivity contribution in [1.29, 1.82) is 0 Å². The number of nitrogens with zero attached hydrogens (tertiary/aromatic N) is 1. The van der Waals surface area contributed by atoms with E-state index in [0.717, 1.165) is 11.1 Å². The summed E-state index contributed by atoms with van der Waals surface area (Å²) in [4.78, 5) is 15.8. The highest BCUT2D eigenvalue weighted by Crippen LogP contribution is 2.25. The van der Waals surface area contributed by atoms with Gasteiger partial charge in [-0.25, -0.2) is 14.2 Å². The van der Waals surface area contributed by atoms with Gasteiger partial charge in [0.1, 0.15) is 11.4 Å². The van der Waals surface area contributed by atoms with Crippen molar-refractivity contribution in [2.24, 2.45) is 0 Å². The SMILES string of the molecule is CC(C)(C)OC(=O)Nc1ncc(-c2ccc(F)cc2)cc1N. The van der Waals surface area contributed by atoms with Crippen LogP contribution in [-0.2, 0) is 4.74 Å². The average molecular weight is 303 g/mol. The number of nitrogens with one attached hydrogen (secondary N) is 1. The Balaban J connectivity index is 2.16. The fraction of sp³-hybridized carbons (Fsp3) is 0.250. The van der Waals surface area contributed by atoms with Crippen molar-refractivity contribution < 1.29 is 13.9 Å². The standard InChI is InChI=1S/C16H18FN3O2/c1-16(2,3)22-15(21)20-14-13(18)8-11(9-19-14)10-4-6-12(17)7-5-10/h4-9H,18H2,1-3H3,(H,19,20,21). The molecule has 0 unspecified atom stereocenters. The molecule has 116 valence electrons. The number of hydrogen-bond acceptors (Lipinski definition) is 4. The average Bonchev–Trinajstić information content (AvgIpc) is 2.40. The van der Waals surface area contributed by atoms with Crippen molar-refractivity contribution in [3.63, 3.8) is 0 Å². The van der Waals surface area contributed by atoms with E-state index in [1.54, 1.807) is 45.2 Å². The predicted molar refractivity (Wildman–Crippen MR) is 83.9 cm³/mol. The van der Waals surface area contributed by atoms with E-state index in [-0.39, 0.29) is 11.6 Å². The summed E-state index contributed by atoms with van der Waals surface area (Å²) in [6.45, 7) is 5.29. The Morgan fingerprint density at radius 1 is 1.23 bits per heavy atom. The number of benzene rings is 1. The van der Waals surface area contributed by atoms with Gasteiger partial charge < -0.3 is 10.5 Å². The Bertz CT molecular complexity index is 679. The number of carbonyl (C=O) groups is 1. The fourth-order valence-electron chi connectivity index (χ4n) is 1.79. The molecule has 0 aliphatic heterocycles. The van der Waals surface area contributed by atoms with Crippen molar-refractivity contribution in [1.82, 2.24) is 4.98 Å². The highest BCUT2D eigenvalue weighted by Gasteiger charge is 2.17. The third-order valence-electron chi connectivity index (χ3n) is 2.71. The van der Waals surface area contributed by atoms with Crippen molar-refractivity contribution >= 4 is 17.6 Å². The van der Waals surface area contributed by atoms with E-state index in [1.807, 2.05) is 0 Å². The van der Waals surface area contributed by atoms with Gasteiger partial charge in [-0.05, 0) is 44.5 Å². The Kier molecular flexibility index (Phi) is 4.30. The van der Waals surface area contributed by atoms with Crippen molar-refractivity contribution in [3.05, 3.63) is 42.3 Å². The Morgan fingerprint density at radius 2 is 1.86 bits per heavy atom. The molecule has 1 heterocycles. The Morgan fingerprint density at radius 3 is 2.41 bits per heavy atom. The van der Waals surface area contributed by atoms with E-state index in [9.17, 15) is 9.18 Å². The molecule has 0 spiro atoms. The van der Waals surface area contributed by atoms with Crippen LogP contribution in [0.15, 0.2) is 36.5 Å². The number of rotatable bonds is 2. The summed E-state index contributed by atoms with van der Waals surface area (Å²) in [6, 6.07) is 7.64. The molecule has 0 bridgehead atoms. The quantitative estimate of drug-likeness (QED) is 0.884. The first-order valence-corrected chi connectivity index (χ1v) is 6.76. The van der Waals surface area contributed by atoms with Gasteiger partial charge in [0.15, 0.2) is 5.82 Å². The molecule has 0 saturated carbocycles. The van der Waals surface area contributed by atoms with Crippen LogP contribution in [-0.4, -0.2) is 16.7 Å². The van der Waals surface area contributed by atoms with E-state index < -0.39 is 11.7 Å². The topological polar surface area (TPSA) is 77.2 Å². The van der Waals surface area contributed by atoms with E-state index in [1.165, 1.54) is 12.1 Å². The molecule has 0 saturated heterocycles. The Hall–Kier alpha value is -2.63. The third kappa shape index (κ3) is 4.18. The van der Waals surface area contributed by atoms with Gasteiger partial charge in [0.05, 0.1) is 5.69 Å². The zero-order chi connectivity index (χ0) is 16.3. The summed E-state index contributed by atoms with van der Waals surface area (Å²) >= 11 is 0. The molecular weight excluding hydrogens is 285 g/mol. The van der Waals surface area contributed by atoms with E-state index in [0.29, 0.717) is 5.69 Å². The van der Waals surface area contributed by atoms with E-state index in [2.05, 4.69) is 10.3 Å². The number of halogens is 1. The first-order chi connectivity index (χ1) is 10.2. The van der Waals surface area contributed by atoms with Gasteiger partial charge >= 0.3 is 6.09 Å². The molecule has 22 heavy (non-hydrogen) atoms. The lowest BCUT2D eigenvalue weighted by Gasteiger charge is -2.19. The molecule has 6 heteroatoms. The molecule has 0 aliphatic rings. The van der Waals surface area contributed by atoms with Gasteiger partial charge in [-0.1, -0.05) is 12.1 Å². The predicted octanol–water partition coefficient (Wildman–Crippen LogP) is 3.82. The molecule has 1 aromatic carbocycles. The number of hydrogen-bond donors (Lipinski definition) is 2. The molecule has 5 nitrogen and oxygen atoms in total. The van der Waals surface area contributed by atoms with Crippen LogP contribution in [0.25, 0.3) is 11.1 Å². The van der Waals surface area contributed by atoms with Crippen molar-refractivity contribution in [3.8, 4) is 11.1 Å². The van der Waals surface area contributed by atoms with Crippen LogP contribution in [0.3, 0.4) is 0 Å². The first kappa shape index (κ1) is 15.8. The molecule has 0 aliphatic carbocycles. The second-order valence-electron chi connectivity index (χ2n) is 5.80. The molecule has 2 rings (SSSR count). The second-order valence-corrected chi connectivity index (χ2v) is 5.80. The van der Waals surface area contributed by atoms with Gasteiger partial charge in [-0.2, -0.15) is 0 Å². The van der Waals surface area contributed by atoms with Crippen LogP contribution in [0.1, 0.15) is 20.8 Å². The van der Waals surface area contributed by atoms with Gasteiger partial charge in [0.2, 0.25) is 0 Å². The number of amides is 1. The minimum Gasteiger partial charge on any atom is -0.444 e. The molecular formula is C16H18FN3O2. The summed E-state index contributed by atoms with van der Waals surface area (Å²) in [6.07, 6.45) is 0.928. The van der Waals surface area contributed by atoms with Crippen LogP contribution in [0.4, 0.5) is 20.7 Å². The van der Waals surface area contributed by atoms with Crippen LogP contribution in [0.2, 0.25) is 0 Å². The number of carbonyl (C=O) groups excluding carboxylic acids is 1. The second kappa shape index (κ2) is 6.01. The van der Waals surface area contributed by atoms with Crippen LogP contribution >= 0.6 is 0 Å². The minimum absolute atomic E-state index is 0.222. The normalized spacial score (nSPS) is 11.1. The third-order valence-corrected chi connectivity index (χ3v) is 2.71. The smallest absolute Gasteiger partial charge is 0.413 e. The molecule has 3 N–H and O–H groups in total. The first-order valence-electron chi connectivity index (χ1n) is 6.76. The number of aromatic nitrogens is 1. The summed E-state index contributed by atoms with van der Waals surface area (Å²) < 4.78 is 18.1. The molecule has 0 atom stereocenters. The monoisotopic (exact) mass is 303 g/mol. The number of nitrogen functional groups attached to an aromatic ring is 1. The number of anilines is 2. The molecule has 2 aromatic rings. The maximum absolute atomic E-state index is 12.9. The maximum Gasteiger partial charge on any atom is 0.413 e. The number of ether oxygens (including phenoxy) is 1. The van der Waals surface area contributed by atoms with Crippen LogP contribution in [0.5, 0.6) is 0 Å². The maximum atomic E-state index is 12.9. The van der Waals surface area contributed by atoms with Gasteiger partial charge in [0.25, 0.3) is 0 Å². The summed E-state index contributed by atoms with van der Waals surface area (Å²) in [5.41, 5.74) is 7.10. The minimum atomic E-state index is -0.624. The Labute approximate surface area is 128 Å². The van der Waals surface area contributed by atoms with Crippen molar-refractivity contribution in [2.45, 2.75) is 26.4 Å². The van der Waals surface area contributed by atoms with Crippen LogP contribution < -0.4 is 11.1 Å². The van der Waals surface area contributed by atoms with Gasteiger partial charge in [-0.3, -0.25) is 5.32 Å². The van der Waals surface area contributed by atoms with Gasteiger partial charge in [-0.15, -0.1) is 0 Å². The van der Waals surface area contributed by atoms with Crippen LogP contribution in [0, 0.1) is 5.82 Å². The molecule has 0 fully saturated rings. The molecule has 1 aromatic heterocycles. The van der Waals surface area contributed by atoms with Crippen molar-refractivity contribution in [2.75, 3.05) is 11.1 Å². The zero-order valence-electron chi connectivity index (χ0n) is 12.7. The largest absolute Gasteiger partial charge is 0.444 e. The lowest BCUT2D eigenvalue weighted by Crippen LogP contribution is -2.27. The number of nitrogens with two attached hydrogens (primary N) is 1. The summed E-state index contributed by atoms with van der Waals surface area (Å²) in [5.74, 6) is -0.0898. The van der Waals surface area contributed by atoms with E-state index in [4.69, 9.17) is 10.5 Å². The van der Waals surface area contributed by atoms with E-state index >= 15 is 0 Å². The molecule has 1 amide bonds. The lowest BCUT2D eigenvalue weighted by molar-refractivity contribution is 0.0635. The lowest BCUT2D eigenvalue weighted by atomic mass is 10.1. The fourth-order valence-corrected chi connectivity index (χ4v) is 1.79. The molecule has 0 radical (unpaired) electrons. The highest BCUT2D eigenvalue weighted by molar-refractivity contribution is 5.88. The summed E-state index contributed by atoms with van der Waals surface area (Å²) in [5, 5.41) is 2.50. The highest BCUT2D eigenvalue weighted by atomic mass is 19.1.